The summed E-state index contributed by atoms with van der Waals surface area (Å²) in [7, 11) is 0. The van der Waals surface area contributed by atoms with Gasteiger partial charge in [0.1, 0.15) is 0 Å². The molecule has 1 unspecified atom stereocenters. The number of benzene rings is 1. The summed E-state index contributed by atoms with van der Waals surface area (Å²) in [6.45, 7) is 10.8. The zero-order valence-corrected chi connectivity index (χ0v) is 12.2. The van der Waals surface area contributed by atoms with Crippen LogP contribution in [0.5, 0.6) is 0 Å². The summed E-state index contributed by atoms with van der Waals surface area (Å²) in [6.07, 6.45) is -4.28. The zero-order valence-electron chi connectivity index (χ0n) is 12.2. The summed E-state index contributed by atoms with van der Waals surface area (Å²) in [6, 6.07) is 4.03. The van der Waals surface area contributed by atoms with Crippen LogP contribution in [0.2, 0.25) is 0 Å². The van der Waals surface area contributed by atoms with Crippen LogP contribution in [0, 0.1) is 12.3 Å². The van der Waals surface area contributed by atoms with Crippen molar-refractivity contribution in [2.45, 2.75) is 46.8 Å². The molecule has 0 saturated carbocycles. The van der Waals surface area contributed by atoms with Gasteiger partial charge in [0.15, 0.2) is 0 Å². The fourth-order valence-corrected chi connectivity index (χ4v) is 2.26. The Morgan fingerprint density at radius 3 is 2.11 bits per heavy atom. The molecule has 1 N–H and O–H groups in total. The fourth-order valence-electron chi connectivity index (χ4n) is 2.26. The van der Waals surface area contributed by atoms with Crippen molar-refractivity contribution in [1.82, 2.24) is 5.32 Å². The highest BCUT2D eigenvalue weighted by molar-refractivity contribution is 5.35. The molecule has 0 aromatic heterocycles. The maximum absolute atomic E-state index is 12.7. The lowest BCUT2D eigenvalue weighted by Crippen LogP contribution is -2.32. The summed E-state index contributed by atoms with van der Waals surface area (Å²) < 4.78 is 38.0. The van der Waals surface area contributed by atoms with Crippen molar-refractivity contribution in [3.63, 3.8) is 0 Å². The Morgan fingerprint density at radius 2 is 1.74 bits per heavy atom. The molecule has 0 aliphatic heterocycles. The van der Waals surface area contributed by atoms with Gasteiger partial charge in [-0.1, -0.05) is 33.8 Å². The average Bonchev–Trinajstić information content (AvgIpc) is 2.23. The van der Waals surface area contributed by atoms with Crippen LogP contribution < -0.4 is 5.32 Å². The molecular weight excluding hydrogens is 251 g/mol. The van der Waals surface area contributed by atoms with Gasteiger partial charge in [-0.05, 0) is 42.1 Å². The van der Waals surface area contributed by atoms with Crippen LogP contribution in [-0.4, -0.2) is 6.54 Å². The normalized spacial score (nSPS) is 14.5. The molecule has 0 aliphatic rings. The standard InChI is InChI=1S/C15H22F3N/c1-6-19-13(14(3,4)5)12-8-7-11(9-10(12)2)15(16,17)18/h7-9,13,19H,6H2,1-5H3. The Labute approximate surface area is 113 Å². The lowest BCUT2D eigenvalue weighted by Gasteiger charge is -2.33. The van der Waals surface area contributed by atoms with Crippen LogP contribution in [0.3, 0.4) is 0 Å². The third-order valence-corrected chi connectivity index (χ3v) is 3.18. The zero-order chi connectivity index (χ0) is 14.8. The van der Waals surface area contributed by atoms with E-state index in [-0.39, 0.29) is 11.5 Å². The van der Waals surface area contributed by atoms with Gasteiger partial charge in [-0.25, -0.2) is 0 Å². The molecule has 0 amide bonds. The van der Waals surface area contributed by atoms with Crippen molar-refractivity contribution in [3.05, 3.63) is 34.9 Å². The number of hydrogen-bond donors (Lipinski definition) is 1. The third kappa shape index (κ3) is 3.96. The number of halogens is 3. The number of aryl methyl sites for hydroxylation is 1. The molecule has 1 atom stereocenters. The Kier molecular flexibility index (Phi) is 4.67. The quantitative estimate of drug-likeness (QED) is 0.841. The lowest BCUT2D eigenvalue weighted by atomic mass is 9.80. The van der Waals surface area contributed by atoms with E-state index in [0.29, 0.717) is 5.56 Å². The average molecular weight is 273 g/mol. The molecule has 0 radical (unpaired) electrons. The highest BCUT2D eigenvalue weighted by atomic mass is 19.4. The van der Waals surface area contributed by atoms with Gasteiger partial charge in [0.25, 0.3) is 0 Å². The molecule has 1 aromatic rings. The molecule has 0 aliphatic carbocycles. The molecule has 19 heavy (non-hydrogen) atoms. The van der Waals surface area contributed by atoms with Gasteiger partial charge < -0.3 is 5.32 Å². The molecule has 0 fully saturated rings. The molecule has 1 nitrogen and oxygen atoms in total. The summed E-state index contributed by atoms with van der Waals surface area (Å²) >= 11 is 0. The van der Waals surface area contributed by atoms with Crippen LogP contribution >= 0.6 is 0 Å². The minimum absolute atomic E-state index is 0.0415. The summed E-state index contributed by atoms with van der Waals surface area (Å²) in [5, 5.41) is 3.36. The summed E-state index contributed by atoms with van der Waals surface area (Å²) in [5.41, 5.74) is 0.969. The van der Waals surface area contributed by atoms with Gasteiger partial charge in [-0.3, -0.25) is 0 Å². The fraction of sp³-hybridized carbons (Fsp3) is 0.600. The first-order chi connectivity index (χ1) is 8.57. The van der Waals surface area contributed by atoms with Crippen LogP contribution in [-0.2, 0) is 6.18 Å². The molecule has 1 rings (SSSR count). The van der Waals surface area contributed by atoms with Crippen LogP contribution in [0.4, 0.5) is 13.2 Å². The first kappa shape index (κ1) is 16.0. The number of nitrogens with one attached hydrogen (secondary N) is 1. The number of hydrogen-bond acceptors (Lipinski definition) is 1. The Morgan fingerprint density at radius 1 is 1.16 bits per heavy atom. The van der Waals surface area contributed by atoms with Gasteiger partial charge in [0.05, 0.1) is 5.56 Å². The van der Waals surface area contributed by atoms with Crippen molar-refractivity contribution in [2.24, 2.45) is 5.41 Å². The van der Waals surface area contributed by atoms with Gasteiger partial charge in [0, 0.05) is 6.04 Å². The largest absolute Gasteiger partial charge is 0.416 e. The molecule has 108 valence electrons. The van der Waals surface area contributed by atoms with Gasteiger partial charge in [0.2, 0.25) is 0 Å². The predicted molar refractivity (Wildman–Crippen MR) is 72.1 cm³/mol. The van der Waals surface area contributed by atoms with E-state index in [4.69, 9.17) is 0 Å². The summed E-state index contributed by atoms with van der Waals surface area (Å²) in [5.74, 6) is 0. The molecule has 0 saturated heterocycles. The predicted octanol–water partition coefficient (Wildman–Crippen LogP) is 4.71. The second kappa shape index (κ2) is 5.53. The second-order valence-corrected chi connectivity index (χ2v) is 5.93. The minimum Gasteiger partial charge on any atom is -0.310 e. The van der Waals surface area contributed by atoms with Crippen LogP contribution in [0.15, 0.2) is 18.2 Å². The first-order valence-corrected chi connectivity index (χ1v) is 6.48. The van der Waals surface area contributed by atoms with Gasteiger partial charge in [-0.2, -0.15) is 13.2 Å². The van der Waals surface area contributed by atoms with E-state index in [1.165, 1.54) is 12.1 Å². The van der Waals surface area contributed by atoms with E-state index >= 15 is 0 Å². The van der Waals surface area contributed by atoms with Gasteiger partial charge in [-0.15, -0.1) is 0 Å². The van der Waals surface area contributed by atoms with E-state index in [0.717, 1.165) is 12.1 Å². The lowest BCUT2D eigenvalue weighted by molar-refractivity contribution is -0.137. The van der Waals surface area contributed by atoms with E-state index in [9.17, 15) is 13.2 Å². The Bertz CT molecular complexity index is 430. The molecule has 0 bridgehead atoms. The highest BCUT2D eigenvalue weighted by Crippen LogP contribution is 2.37. The molecule has 1 aromatic carbocycles. The third-order valence-electron chi connectivity index (χ3n) is 3.18. The maximum Gasteiger partial charge on any atom is 0.416 e. The van der Waals surface area contributed by atoms with Crippen molar-refractivity contribution >= 4 is 0 Å². The Hall–Kier alpha value is -1.03. The SMILES string of the molecule is CCNC(c1ccc(C(F)(F)F)cc1C)C(C)(C)C. The number of alkyl halides is 3. The summed E-state index contributed by atoms with van der Waals surface area (Å²) in [4.78, 5) is 0. The van der Waals surface area contributed by atoms with Crippen molar-refractivity contribution in [3.8, 4) is 0 Å². The van der Waals surface area contributed by atoms with Crippen molar-refractivity contribution < 1.29 is 13.2 Å². The minimum atomic E-state index is -4.28. The van der Waals surface area contributed by atoms with E-state index in [1.54, 1.807) is 13.0 Å². The molecular formula is C15H22F3N. The van der Waals surface area contributed by atoms with E-state index in [1.807, 2.05) is 6.92 Å². The highest BCUT2D eigenvalue weighted by Gasteiger charge is 2.32. The maximum atomic E-state index is 12.7. The molecule has 4 heteroatoms. The van der Waals surface area contributed by atoms with Crippen molar-refractivity contribution in [1.29, 1.82) is 0 Å². The smallest absolute Gasteiger partial charge is 0.310 e. The topological polar surface area (TPSA) is 12.0 Å². The monoisotopic (exact) mass is 273 g/mol. The first-order valence-electron chi connectivity index (χ1n) is 6.48. The van der Waals surface area contributed by atoms with Crippen LogP contribution in [0.1, 0.15) is 50.4 Å². The van der Waals surface area contributed by atoms with Crippen LogP contribution in [0.25, 0.3) is 0 Å². The second-order valence-electron chi connectivity index (χ2n) is 5.93. The van der Waals surface area contributed by atoms with E-state index < -0.39 is 11.7 Å². The van der Waals surface area contributed by atoms with Gasteiger partial charge >= 0.3 is 6.18 Å². The number of rotatable bonds is 3. The van der Waals surface area contributed by atoms with E-state index in [2.05, 4.69) is 26.1 Å². The van der Waals surface area contributed by atoms with Crippen molar-refractivity contribution in [2.75, 3.05) is 6.54 Å². The molecule has 0 heterocycles. The Balaban J connectivity index is 3.20. The molecule has 0 spiro atoms.